The summed E-state index contributed by atoms with van der Waals surface area (Å²) < 4.78 is 4.77. The first-order chi connectivity index (χ1) is 7.08. The van der Waals surface area contributed by atoms with Crippen molar-refractivity contribution in [1.29, 1.82) is 0 Å². The molecular formula is C12H15NO2. The highest BCUT2D eigenvalue weighted by molar-refractivity contribution is 5.84. The van der Waals surface area contributed by atoms with Crippen molar-refractivity contribution in [1.82, 2.24) is 0 Å². The number of carbonyl (C=O) groups is 1. The summed E-state index contributed by atoms with van der Waals surface area (Å²) in [6.07, 6.45) is 1.49. The summed E-state index contributed by atoms with van der Waals surface area (Å²) in [6.45, 7) is 2.00. The van der Waals surface area contributed by atoms with E-state index in [9.17, 15) is 4.79 Å². The number of carbonyl (C=O) groups excluding carboxylic acids is 1. The Labute approximate surface area is 89.2 Å². The number of ether oxygens (including phenoxy) is 1. The van der Waals surface area contributed by atoms with Gasteiger partial charge in [-0.15, -0.1) is 0 Å². The molecule has 3 heteroatoms. The number of aryl methyl sites for hydroxylation is 2. The second kappa shape index (κ2) is 3.35. The molecule has 3 nitrogen and oxygen atoms in total. The first kappa shape index (κ1) is 10.2. The third-order valence-corrected chi connectivity index (χ3v) is 3.08. The maximum atomic E-state index is 11.7. The number of nitrogens with two attached hydrogens (primary N) is 1. The van der Waals surface area contributed by atoms with Gasteiger partial charge >= 0.3 is 5.97 Å². The second-order valence-corrected chi connectivity index (χ2v) is 4.12. The standard InChI is InChI=1S/C12H15NO2/c1-8-3-4-9-5-6-12(13,10(9)7-8)11(14)15-2/h3-4,7H,5-6,13H2,1-2H3. The zero-order chi connectivity index (χ0) is 11.1. The highest BCUT2D eigenvalue weighted by atomic mass is 16.5. The number of hydrogen-bond donors (Lipinski definition) is 1. The normalized spacial score (nSPS) is 23.7. The van der Waals surface area contributed by atoms with Gasteiger partial charge < -0.3 is 10.5 Å². The molecular weight excluding hydrogens is 190 g/mol. The molecule has 0 aromatic heterocycles. The average Bonchev–Trinajstić information content (AvgIpc) is 2.57. The molecule has 80 valence electrons. The lowest BCUT2D eigenvalue weighted by molar-refractivity contribution is -0.147. The summed E-state index contributed by atoms with van der Waals surface area (Å²) >= 11 is 0. The lowest BCUT2D eigenvalue weighted by Crippen LogP contribution is -2.43. The molecule has 1 unspecified atom stereocenters. The smallest absolute Gasteiger partial charge is 0.330 e. The molecule has 0 spiro atoms. The van der Waals surface area contributed by atoms with Crippen LogP contribution in [0.15, 0.2) is 18.2 Å². The molecule has 0 radical (unpaired) electrons. The average molecular weight is 205 g/mol. The first-order valence-electron chi connectivity index (χ1n) is 5.05. The number of methoxy groups -OCH3 is 1. The van der Waals surface area contributed by atoms with Crippen molar-refractivity contribution >= 4 is 5.97 Å². The van der Waals surface area contributed by atoms with Crippen molar-refractivity contribution in [2.24, 2.45) is 5.73 Å². The van der Waals surface area contributed by atoms with Crippen LogP contribution in [0.4, 0.5) is 0 Å². The minimum atomic E-state index is -0.934. The summed E-state index contributed by atoms with van der Waals surface area (Å²) in [4.78, 5) is 11.7. The molecule has 1 atom stereocenters. The van der Waals surface area contributed by atoms with Crippen LogP contribution in [-0.4, -0.2) is 13.1 Å². The van der Waals surface area contributed by atoms with E-state index in [0.717, 1.165) is 23.1 Å². The summed E-state index contributed by atoms with van der Waals surface area (Å²) in [5, 5.41) is 0. The number of benzene rings is 1. The molecule has 2 N–H and O–H groups in total. The van der Waals surface area contributed by atoms with E-state index in [1.54, 1.807) is 0 Å². The van der Waals surface area contributed by atoms with Gasteiger partial charge in [-0.2, -0.15) is 0 Å². The van der Waals surface area contributed by atoms with Gasteiger partial charge in [0, 0.05) is 0 Å². The molecule has 0 saturated heterocycles. The third kappa shape index (κ3) is 1.43. The summed E-state index contributed by atoms with van der Waals surface area (Å²) in [5.41, 5.74) is 8.39. The maximum Gasteiger partial charge on any atom is 0.330 e. The molecule has 1 aliphatic rings. The molecule has 1 aromatic rings. The van der Waals surface area contributed by atoms with E-state index in [1.165, 1.54) is 7.11 Å². The number of rotatable bonds is 1. The Bertz CT molecular complexity index is 414. The van der Waals surface area contributed by atoms with Crippen LogP contribution in [0.5, 0.6) is 0 Å². The van der Waals surface area contributed by atoms with Gasteiger partial charge in [-0.3, -0.25) is 0 Å². The molecule has 0 fully saturated rings. The van der Waals surface area contributed by atoms with Crippen LogP contribution in [0.3, 0.4) is 0 Å². The van der Waals surface area contributed by atoms with Crippen molar-refractivity contribution in [2.75, 3.05) is 7.11 Å². The number of hydrogen-bond acceptors (Lipinski definition) is 3. The molecule has 0 amide bonds. The van der Waals surface area contributed by atoms with E-state index in [2.05, 4.69) is 0 Å². The predicted octanol–water partition coefficient (Wildman–Crippen LogP) is 1.27. The quantitative estimate of drug-likeness (QED) is 0.702. The van der Waals surface area contributed by atoms with Gasteiger partial charge in [-0.1, -0.05) is 23.8 Å². The zero-order valence-corrected chi connectivity index (χ0v) is 9.04. The van der Waals surface area contributed by atoms with Gasteiger partial charge in [-0.05, 0) is 30.9 Å². The van der Waals surface area contributed by atoms with E-state index < -0.39 is 5.54 Å². The Kier molecular flexibility index (Phi) is 2.27. The molecule has 1 aromatic carbocycles. The lowest BCUT2D eigenvalue weighted by atomic mass is 9.92. The molecule has 0 aliphatic heterocycles. The van der Waals surface area contributed by atoms with E-state index in [0.29, 0.717) is 6.42 Å². The SMILES string of the molecule is COC(=O)C1(N)CCc2ccc(C)cc21. The minimum absolute atomic E-state index is 0.341. The Hall–Kier alpha value is -1.35. The fraction of sp³-hybridized carbons (Fsp3) is 0.417. The van der Waals surface area contributed by atoms with Crippen LogP contribution in [0.25, 0.3) is 0 Å². The Morgan fingerprint density at radius 3 is 2.93 bits per heavy atom. The zero-order valence-electron chi connectivity index (χ0n) is 9.04. The van der Waals surface area contributed by atoms with E-state index in [1.807, 2.05) is 25.1 Å². The Morgan fingerprint density at radius 2 is 2.27 bits per heavy atom. The van der Waals surface area contributed by atoms with Crippen molar-refractivity contribution in [2.45, 2.75) is 25.3 Å². The molecule has 0 bridgehead atoms. The lowest BCUT2D eigenvalue weighted by Gasteiger charge is -2.22. The molecule has 15 heavy (non-hydrogen) atoms. The van der Waals surface area contributed by atoms with E-state index in [4.69, 9.17) is 10.5 Å². The van der Waals surface area contributed by atoms with Gasteiger partial charge in [0.2, 0.25) is 0 Å². The predicted molar refractivity (Wildman–Crippen MR) is 57.4 cm³/mol. The van der Waals surface area contributed by atoms with Crippen LogP contribution in [-0.2, 0) is 21.5 Å². The number of fused-ring (bicyclic) bond motifs is 1. The summed E-state index contributed by atoms with van der Waals surface area (Å²) in [5.74, 6) is -0.341. The topological polar surface area (TPSA) is 52.3 Å². The fourth-order valence-corrected chi connectivity index (χ4v) is 2.18. The summed E-state index contributed by atoms with van der Waals surface area (Å²) in [7, 11) is 1.38. The van der Waals surface area contributed by atoms with Crippen LogP contribution >= 0.6 is 0 Å². The second-order valence-electron chi connectivity index (χ2n) is 4.12. The highest BCUT2D eigenvalue weighted by Crippen LogP contribution is 2.36. The van der Waals surface area contributed by atoms with E-state index >= 15 is 0 Å². The van der Waals surface area contributed by atoms with Crippen LogP contribution in [0, 0.1) is 6.92 Å². The van der Waals surface area contributed by atoms with Gasteiger partial charge in [0.05, 0.1) is 7.11 Å². The Balaban J connectivity index is 2.51. The molecule has 0 heterocycles. The largest absolute Gasteiger partial charge is 0.467 e. The third-order valence-electron chi connectivity index (χ3n) is 3.08. The van der Waals surface area contributed by atoms with Gasteiger partial charge in [0.25, 0.3) is 0 Å². The van der Waals surface area contributed by atoms with Crippen molar-refractivity contribution in [3.8, 4) is 0 Å². The van der Waals surface area contributed by atoms with Crippen molar-refractivity contribution in [3.05, 3.63) is 34.9 Å². The van der Waals surface area contributed by atoms with Crippen LogP contribution in [0.2, 0.25) is 0 Å². The van der Waals surface area contributed by atoms with Gasteiger partial charge in [0.15, 0.2) is 0 Å². The molecule has 0 saturated carbocycles. The van der Waals surface area contributed by atoms with Gasteiger partial charge in [0.1, 0.15) is 5.54 Å². The van der Waals surface area contributed by atoms with Crippen LogP contribution < -0.4 is 5.73 Å². The Morgan fingerprint density at radius 1 is 1.53 bits per heavy atom. The fourth-order valence-electron chi connectivity index (χ4n) is 2.18. The summed E-state index contributed by atoms with van der Waals surface area (Å²) in [6, 6.07) is 6.07. The monoisotopic (exact) mass is 205 g/mol. The first-order valence-corrected chi connectivity index (χ1v) is 5.05. The van der Waals surface area contributed by atoms with Gasteiger partial charge in [-0.25, -0.2) is 4.79 Å². The van der Waals surface area contributed by atoms with Crippen LogP contribution in [0.1, 0.15) is 23.1 Å². The molecule has 1 aliphatic carbocycles. The van der Waals surface area contributed by atoms with E-state index in [-0.39, 0.29) is 5.97 Å². The van der Waals surface area contributed by atoms with Crippen molar-refractivity contribution in [3.63, 3.8) is 0 Å². The maximum absolute atomic E-state index is 11.7. The van der Waals surface area contributed by atoms with Crippen molar-refractivity contribution < 1.29 is 9.53 Å². The minimum Gasteiger partial charge on any atom is -0.467 e. The highest BCUT2D eigenvalue weighted by Gasteiger charge is 2.42. The molecule has 2 rings (SSSR count). The number of esters is 1.